The highest BCUT2D eigenvalue weighted by Crippen LogP contribution is 2.30. The van der Waals surface area contributed by atoms with Gasteiger partial charge in [0.25, 0.3) is 0 Å². The first-order chi connectivity index (χ1) is 9.78. The predicted octanol–water partition coefficient (Wildman–Crippen LogP) is 2.04. The fourth-order valence-electron chi connectivity index (χ4n) is 2.51. The van der Waals surface area contributed by atoms with Crippen LogP contribution in [-0.2, 0) is 19.6 Å². The van der Waals surface area contributed by atoms with Crippen LogP contribution in [0.1, 0.15) is 31.2 Å². The minimum absolute atomic E-state index is 0.664. The van der Waals surface area contributed by atoms with Crippen LogP contribution in [0.4, 0.5) is 5.69 Å². The molecule has 1 aliphatic rings. The molecule has 0 atom stereocenters. The van der Waals surface area contributed by atoms with E-state index >= 15 is 0 Å². The van der Waals surface area contributed by atoms with Crippen molar-refractivity contribution in [2.24, 2.45) is 0 Å². The molecule has 5 nitrogen and oxygen atoms in total. The van der Waals surface area contributed by atoms with Crippen LogP contribution in [0.25, 0.3) is 0 Å². The predicted molar refractivity (Wildman–Crippen MR) is 78.8 cm³/mol. The SMILES string of the molecule is CCn1ncnc1CN(Cc1ccccc1N)C1CC1. The third kappa shape index (κ3) is 2.82. The zero-order valence-corrected chi connectivity index (χ0v) is 11.9. The lowest BCUT2D eigenvalue weighted by molar-refractivity contribution is 0.235. The van der Waals surface area contributed by atoms with Crippen molar-refractivity contribution in [2.75, 3.05) is 5.73 Å². The van der Waals surface area contributed by atoms with Gasteiger partial charge in [-0.25, -0.2) is 9.67 Å². The zero-order chi connectivity index (χ0) is 13.9. The highest BCUT2D eigenvalue weighted by Gasteiger charge is 2.30. The average Bonchev–Trinajstić information content (AvgIpc) is 3.21. The lowest BCUT2D eigenvalue weighted by atomic mass is 10.1. The van der Waals surface area contributed by atoms with Gasteiger partial charge in [0.2, 0.25) is 0 Å². The van der Waals surface area contributed by atoms with Gasteiger partial charge >= 0.3 is 0 Å². The summed E-state index contributed by atoms with van der Waals surface area (Å²) in [5.41, 5.74) is 8.13. The molecule has 3 rings (SSSR count). The highest BCUT2D eigenvalue weighted by molar-refractivity contribution is 5.46. The summed E-state index contributed by atoms with van der Waals surface area (Å²) in [6.45, 7) is 4.68. The van der Waals surface area contributed by atoms with Crippen molar-refractivity contribution in [1.29, 1.82) is 0 Å². The van der Waals surface area contributed by atoms with Gasteiger partial charge in [-0.05, 0) is 31.4 Å². The fourth-order valence-corrected chi connectivity index (χ4v) is 2.51. The third-order valence-corrected chi connectivity index (χ3v) is 3.83. The molecule has 0 unspecified atom stereocenters. The van der Waals surface area contributed by atoms with Crippen molar-refractivity contribution in [3.8, 4) is 0 Å². The molecule has 2 aromatic rings. The summed E-state index contributed by atoms with van der Waals surface area (Å²) >= 11 is 0. The van der Waals surface area contributed by atoms with Crippen LogP contribution in [0, 0.1) is 0 Å². The monoisotopic (exact) mass is 271 g/mol. The van der Waals surface area contributed by atoms with E-state index in [0.717, 1.165) is 31.1 Å². The molecule has 1 aromatic carbocycles. The summed E-state index contributed by atoms with van der Waals surface area (Å²) in [6, 6.07) is 8.76. The Morgan fingerprint density at radius 3 is 2.80 bits per heavy atom. The molecule has 0 spiro atoms. The topological polar surface area (TPSA) is 60.0 Å². The van der Waals surface area contributed by atoms with Crippen molar-refractivity contribution in [3.05, 3.63) is 42.0 Å². The van der Waals surface area contributed by atoms with Crippen molar-refractivity contribution in [3.63, 3.8) is 0 Å². The Kier molecular flexibility index (Phi) is 3.69. The Bertz CT molecular complexity index is 573. The first kappa shape index (κ1) is 13.1. The molecule has 0 bridgehead atoms. The van der Waals surface area contributed by atoms with E-state index in [-0.39, 0.29) is 0 Å². The van der Waals surface area contributed by atoms with E-state index in [1.54, 1.807) is 6.33 Å². The second kappa shape index (κ2) is 5.63. The van der Waals surface area contributed by atoms with Crippen LogP contribution in [-0.4, -0.2) is 25.7 Å². The molecule has 0 saturated heterocycles. The van der Waals surface area contributed by atoms with Crippen LogP contribution in [0.2, 0.25) is 0 Å². The molecule has 1 aromatic heterocycles. The van der Waals surface area contributed by atoms with E-state index in [1.807, 2.05) is 22.9 Å². The quantitative estimate of drug-likeness (QED) is 0.817. The summed E-state index contributed by atoms with van der Waals surface area (Å²) in [5, 5.41) is 4.25. The molecular weight excluding hydrogens is 250 g/mol. The lowest BCUT2D eigenvalue weighted by Crippen LogP contribution is -2.27. The average molecular weight is 271 g/mol. The number of para-hydroxylation sites is 1. The third-order valence-electron chi connectivity index (χ3n) is 3.83. The van der Waals surface area contributed by atoms with Gasteiger partial charge < -0.3 is 5.73 Å². The maximum Gasteiger partial charge on any atom is 0.141 e. The van der Waals surface area contributed by atoms with E-state index in [2.05, 4.69) is 28.0 Å². The van der Waals surface area contributed by atoms with Crippen LogP contribution in [0.5, 0.6) is 0 Å². The summed E-state index contributed by atoms with van der Waals surface area (Å²) in [5.74, 6) is 1.04. The van der Waals surface area contributed by atoms with Gasteiger partial charge in [0, 0.05) is 24.8 Å². The minimum atomic E-state index is 0.664. The lowest BCUT2D eigenvalue weighted by Gasteiger charge is -2.22. The second-order valence-corrected chi connectivity index (χ2v) is 5.33. The Balaban J connectivity index is 1.75. The fraction of sp³-hybridized carbons (Fsp3) is 0.467. The summed E-state index contributed by atoms with van der Waals surface area (Å²) in [6.07, 6.45) is 4.18. The standard InChI is InChI=1S/C15H21N5/c1-2-20-15(17-11-18-20)10-19(13-7-8-13)9-12-5-3-4-6-14(12)16/h3-6,11,13H,2,7-10,16H2,1H3. The van der Waals surface area contributed by atoms with Gasteiger partial charge in [-0.3, -0.25) is 4.90 Å². The second-order valence-electron chi connectivity index (χ2n) is 5.33. The van der Waals surface area contributed by atoms with Gasteiger partial charge in [-0.1, -0.05) is 18.2 Å². The maximum atomic E-state index is 6.06. The molecule has 0 radical (unpaired) electrons. The zero-order valence-electron chi connectivity index (χ0n) is 11.9. The summed E-state index contributed by atoms with van der Waals surface area (Å²) < 4.78 is 1.96. The van der Waals surface area contributed by atoms with Gasteiger partial charge in [0.05, 0.1) is 6.54 Å². The van der Waals surface area contributed by atoms with E-state index in [4.69, 9.17) is 5.73 Å². The van der Waals surface area contributed by atoms with Crippen molar-refractivity contribution < 1.29 is 0 Å². The van der Waals surface area contributed by atoms with E-state index in [1.165, 1.54) is 18.4 Å². The van der Waals surface area contributed by atoms with E-state index in [9.17, 15) is 0 Å². The summed E-state index contributed by atoms with van der Waals surface area (Å²) in [7, 11) is 0. The van der Waals surface area contributed by atoms with Gasteiger partial charge in [0.1, 0.15) is 12.2 Å². The maximum absolute atomic E-state index is 6.06. The number of rotatable bonds is 6. The van der Waals surface area contributed by atoms with Gasteiger partial charge in [-0.15, -0.1) is 0 Å². The number of nitrogens with zero attached hydrogens (tertiary/aromatic N) is 4. The Hall–Kier alpha value is -1.88. The van der Waals surface area contributed by atoms with Crippen LogP contribution < -0.4 is 5.73 Å². The first-order valence-corrected chi connectivity index (χ1v) is 7.22. The van der Waals surface area contributed by atoms with Crippen LogP contribution in [0.3, 0.4) is 0 Å². The largest absolute Gasteiger partial charge is 0.398 e. The molecule has 1 fully saturated rings. The number of hydrogen-bond acceptors (Lipinski definition) is 4. The molecule has 20 heavy (non-hydrogen) atoms. The molecule has 1 aliphatic carbocycles. The molecule has 0 aliphatic heterocycles. The molecule has 5 heteroatoms. The van der Waals surface area contributed by atoms with E-state index in [0.29, 0.717) is 6.04 Å². The number of aryl methyl sites for hydroxylation is 1. The molecule has 1 saturated carbocycles. The molecule has 0 amide bonds. The van der Waals surface area contributed by atoms with E-state index < -0.39 is 0 Å². The van der Waals surface area contributed by atoms with Crippen molar-refractivity contribution >= 4 is 5.69 Å². The molecule has 1 heterocycles. The van der Waals surface area contributed by atoms with Gasteiger partial charge in [0.15, 0.2) is 0 Å². The number of benzene rings is 1. The van der Waals surface area contributed by atoms with Gasteiger partial charge in [-0.2, -0.15) is 5.10 Å². The number of aromatic nitrogens is 3. The normalized spacial score (nSPS) is 14.9. The summed E-state index contributed by atoms with van der Waals surface area (Å²) in [4.78, 5) is 6.84. The Labute approximate surface area is 119 Å². The Morgan fingerprint density at radius 2 is 2.10 bits per heavy atom. The number of hydrogen-bond donors (Lipinski definition) is 1. The molecular formula is C15H21N5. The van der Waals surface area contributed by atoms with Crippen molar-refractivity contribution in [1.82, 2.24) is 19.7 Å². The first-order valence-electron chi connectivity index (χ1n) is 7.22. The van der Waals surface area contributed by atoms with Crippen LogP contribution >= 0.6 is 0 Å². The number of nitrogens with two attached hydrogens (primary N) is 1. The molecule has 2 N–H and O–H groups in total. The molecule has 106 valence electrons. The van der Waals surface area contributed by atoms with Crippen LogP contribution in [0.15, 0.2) is 30.6 Å². The van der Waals surface area contributed by atoms with Crippen molar-refractivity contribution in [2.45, 2.75) is 45.4 Å². The Morgan fingerprint density at radius 1 is 1.30 bits per heavy atom. The number of nitrogen functional groups attached to an aromatic ring is 1. The minimum Gasteiger partial charge on any atom is -0.398 e. The smallest absolute Gasteiger partial charge is 0.141 e. The number of anilines is 1. The highest BCUT2D eigenvalue weighted by atomic mass is 15.3.